The first-order chi connectivity index (χ1) is 12.4. The molecule has 0 fully saturated rings. The van der Waals surface area contributed by atoms with Crippen LogP contribution >= 0.6 is 35.0 Å². The lowest BCUT2D eigenvalue weighted by atomic mass is 10.2. The van der Waals surface area contributed by atoms with Gasteiger partial charge >= 0.3 is 0 Å². The molecule has 1 heterocycles. The van der Waals surface area contributed by atoms with Crippen LogP contribution in [-0.4, -0.2) is 31.4 Å². The van der Waals surface area contributed by atoms with Crippen molar-refractivity contribution in [2.45, 2.75) is 24.3 Å². The maximum atomic E-state index is 12.5. The van der Waals surface area contributed by atoms with Crippen LogP contribution < -0.4 is 5.32 Å². The fourth-order valence-corrected chi connectivity index (χ4v) is 3.52. The molecule has 0 spiro atoms. The zero-order valence-corrected chi connectivity index (χ0v) is 16.3. The zero-order valence-electron chi connectivity index (χ0n) is 14.0. The number of aryl methyl sites for hydroxylation is 1. The molecule has 0 aliphatic carbocycles. The van der Waals surface area contributed by atoms with E-state index in [9.17, 15) is 4.79 Å². The number of rotatable bonds is 5. The van der Waals surface area contributed by atoms with Crippen LogP contribution in [0.15, 0.2) is 47.6 Å². The number of carbonyl (C=O) groups excluding carboxylic acids is 1. The van der Waals surface area contributed by atoms with Crippen molar-refractivity contribution in [2.24, 2.45) is 0 Å². The molecule has 26 heavy (non-hydrogen) atoms. The van der Waals surface area contributed by atoms with E-state index in [0.717, 1.165) is 11.3 Å². The lowest BCUT2D eigenvalue weighted by Crippen LogP contribution is -2.23. The Kier molecular flexibility index (Phi) is 5.80. The van der Waals surface area contributed by atoms with E-state index in [0.29, 0.717) is 20.9 Å². The van der Waals surface area contributed by atoms with Gasteiger partial charge in [-0.1, -0.05) is 52.7 Å². The first-order valence-electron chi connectivity index (χ1n) is 7.71. The van der Waals surface area contributed by atoms with Crippen molar-refractivity contribution in [1.82, 2.24) is 20.2 Å². The van der Waals surface area contributed by atoms with Gasteiger partial charge in [-0.25, -0.2) is 0 Å². The van der Waals surface area contributed by atoms with E-state index in [1.54, 1.807) is 29.8 Å². The molecule has 0 saturated carbocycles. The molecule has 1 atom stereocenters. The second-order valence-electron chi connectivity index (χ2n) is 5.62. The van der Waals surface area contributed by atoms with Gasteiger partial charge in [-0.2, -0.15) is 4.68 Å². The van der Waals surface area contributed by atoms with Crippen molar-refractivity contribution in [1.29, 1.82) is 0 Å². The highest BCUT2D eigenvalue weighted by Crippen LogP contribution is 2.26. The minimum absolute atomic E-state index is 0.202. The summed E-state index contributed by atoms with van der Waals surface area (Å²) in [6.07, 6.45) is 0. The highest BCUT2D eigenvalue weighted by Gasteiger charge is 2.19. The lowest BCUT2D eigenvalue weighted by molar-refractivity contribution is -0.115. The van der Waals surface area contributed by atoms with Crippen molar-refractivity contribution >= 4 is 46.6 Å². The molecular weight excluding hydrogens is 393 g/mol. The van der Waals surface area contributed by atoms with Crippen LogP contribution in [-0.2, 0) is 4.79 Å². The Labute approximate surface area is 164 Å². The highest BCUT2D eigenvalue weighted by atomic mass is 35.5. The summed E-state index contributed by atoms with van der Waals surface area (Å²) in [5.74, 6) is -0.202. The Morgan fingerprint density at radius 2 is 1.81 bits per heavy atom. The second kappa shape index (κ2) is 8.07. The third kappa shape index (κ3) is 4.55. The highest BCUT2D eigenvalue weighted by molar-refractivity contribution is 8.00. The molecular formula is C17H15Cl2N5OS. The van der Waals surface area contributed by atoms with Gasteiger partial charge in [0.2, 0.25) is 11.1 Å². The third-order valence-corrected chi connectivity index (χ3v) is 4.97. The molecule has 0 saturated heterocycles. The molecule has 3 aromatic rings. The lowest BCUT2D eigenvalue weighted by Gasteiger charge is -2.12. The summed E-state index contributed by atoms with van der Waals surface area (Å²) in [5, 5.41) is 15.5. The molecule has 0 unspecified atom stereocenters. The quantitative estimate of drug-likeness (QED) is 0.634. The van der Waals surface area contributed by atoms with Gasteiger partial charge in [0, 0.05) is 15.7 Å². The first-order valence-corrected chi connectivity index (χ1v) is 9.35. The molecule has 6 nitrogen and oxygen atoms in total. The van der Waals surface area contributed by atoms with Gasteiger partial charge in [-0.15, -0.1) is 5.10 Å². The van der Waals surface area contributed by atoms with Crippen molar-refractivity contribution in [2.75, 3.05) is 5.32 Å². The Bertz CT molecular complexity index is 909. The van der Waals surface area contributed by atoms with E-state index in [4.69, 9.17) is 23.2 Å². The van der Waals surface area contributed by atoms with E-state index in [2.05, 4.69) is 20.8 Å². The monoisotopic (exact) mass is 407 g/mol. The van der Waals surface area contributed by atoms with Gasteiger partial charge in [0.25, 0.3) is 0 Å². The fourth-order valence-electron chi connectivity index (χ4n) is 2.18. The first kappa shape index (κ1) is 18.7. The van der Waals surface area contributed by atoms with Gasteiger partial charge in [0.05, 0.1) is 10.9 Å². The van der Waals surface area contributed by atoms with Gasteiger partial charge in [-0.3, -0.25) is 4.79 Å². The predicted octanol–water partition coefficient (Wildman–Crippen LogP) is 4.40. The normalized spacial score (nSPS) is 12.0. The predicted molar refractivity (Wildman–Crippen MR) is 104 cm³/mol. The molecule has 0 aliphatic rings. The number of anilines is 1. The Morgan fingerprint density at radius 3 is 2.46 bits per heavy atom. The fraction of sp³-hybridized carbons (Fsp3) is 0.176. The molecule has 9 heteroatoms. The standard InChI is InChI=1S/C17H15Cl2N5OS/c1-10-3-5-15(6-4-10)24-17(21-22-23-24)26-11(2)16(25)20-14-8-12(18)7-13(19)9-14/h3-9,11H,1-2H3,(H,20,25)/t11-/m1/s1. The van der Waals surface area contributed by atoms with Gasteiger partial charge in [0.1, 0.15) is 0 Å². The van der Waals surface area contributed by atoms with Crippen LogP contribution in [0, 0.1) is 6.92 Å². The van der Waals surface area contributed by atoms with Crippen LogP contribution in [0.4, 0.5) is 5.69 Å². The largest absolute Gasteiger partial charge is 0.325 e. The summed E-state index contributed by atoms with van der Waals surface area (Å²) in [6.45, 7) is 3.79. The van der Waals surface area contributed by atoms with E-state index in [1.807, 2.05) is 31.2 Å². The van der Waals surface area contributed by atoms with Crippen molar-refractivity contribution in [3.63, 3.8) is 0 Å². The number of nitrogens with one attached hydrogen (secondary N) is 1. The summed E-state index contributed by atoms with van der Waals surface area (Å²) >= 11 is 13.2. The Balaban J connectivity index is 1.72. The summed E-state index contributed by atoms with van der Waals surface area (Å²) in [6, 6.07) is 12.7. The molecule has 1 amide bonds. The number of nitrogens with zero attached hydrogens (tertiary/aromatic N) is 4. The average molecular weight is 408 g/mol. The summed E-state index contributed by atoms with van der Waals surface area (Å²) in [5.41, 5.74) is 2.51. The average Bonchev–Trinajstić information content (AvgIpc) is 3.02. The van der Waals surface area contributed by atoms with Crippen LogP contribution in [0.5, 0.6) is 0 Å². The van der Waals surface area contributed by atoms with Gasteiger partial charge < -0.3 is 5.32 Å². The number of halogens is 2. The molecule has 1 aromatic heterocycles. The SMILES string of the molecule is Cc1ccc(-n2nnnc2S[C@H](C)C(=O)Nc2cc(Cl)cc(Cl)c2)cc1. The van der Waals surface area contributed by atoms with E-state index in [-0.39, 0.29) is 5.91 Å². The molecule has 134 valence electrons. The van der Waals surface area contributed by atoms with E-state index < -0.39 is 5.25 Å². The number of thioether (sulfide) groups is 1. The minimum Gasteiger partial charge on any atom is -0.325 e. The Morgan fingerprint density at radius 1 is 1.15 bits per heavy atom. The van der Waals surface area contributed by atoms with Crippen LogP contribution in [0.2, 0.25) is 10.0 Å². The van der Waals surface area contributed by atoms with E-state index >= 15 is 0 Å². The number of benzene rings is 2. The van der Waals surface area contributed by atoms with Crippen molar-refractivity contribution in [3.05, 3.63) is 58.1 Å². The van der Waals surface area contributed by atoms with E-state index in [1.165, 1.54) is 11.8 Å². The van der Waals surface area contributed by atoms with Crippen molar-refractivity contribution < 1.29 is 4.79 Å². The Hall–Kier alpha value is -2.09. The van der Waals surface area contributed by atoms with Gasteiger partial charge in [0.15, 0.2) is 0 Å². The maximum Gasteiger partial charge on any atom is 0.237 e. The number of tetrazole rings is 1. The molecule has 0 aliphatic heterocycles. The topological polar surface area (TPSA) is 72.7 Å². The van der Waals surface area contributed by atoms with Crippen LogP contribution in [0.1, 0.15) is 12.5 Å². The number of aromatic nitrogens is 4. The smallest absolute Gasteiger partial charge is 0.237 e. The molecule has 2 aromatic carbocycles. The third-order valence-electron chi connectivity index (χ3n) is 3.50. The molecule has 0 bridgehead atoms. The van der Waals surface area contributed by atoms with Crippen LogP contribution in [0.3, 0.4) is 0 Å². The summed E-state index contributed by atoms with van der Waals surface area (Å²) < 4.78 is 1.60. The minimum atomic E-state index is -0.428. The molecule has 3 rings (SSSR count). The van der Waals surface area contributed by atoms with Crippen LogP contribution in [0.25, 0.3) is 5.69 Å². The number of hydrogen-bond donors (Lipinski definition) is 1. The number of carbonyl (C=O) groups is 1. The van der Waals surface area contributed by atoms with Crippen molar-refractivity contribution in [3.8, 4) is 5.69 Å². The molecule has 1 N–H and O–H groups in total. The molecule has 0 radical (unpaired) electrons. The number of amides is 1. The zero-order chi connectivity index (χ0) is 18.7. The summed E-state index contributed by atoms with van der Waals surface area (Å²) in [4.78, 5) is 12.5. The second-order valence-corrected chi connectivity index (χ2v) is 7.80. The maximum absolute atomic E-state index is 12.5. The summed E-state index contributed by atoms with van der Waals surface area (Å²) in [7, 11) is 0. The number of hydrogen-bond acceptors (Lipinski definition) is 5. The van der Waals surface area contributed by atoms with Gasteiger partial charge in [-0.05, 0) is 54.6 Å².